The molecule has 0 spiro atoms. The van der Waals surface area contributed by atoms with Gasteiger partial charge in [0.2, 0.25) is 5.91 Å². The number of carbonyl (C=O) groups is 2. The molecule has 160 valence electrons. The highest BCUT2D eigenvalue weighted by molar-refractivity contribution is 8.01. The summed E-state index contributed by atoms with van der Waals surface area (Å²) in [5, 5.41) is 2.83. The van der Waals surface area contributed by atoms with E-state index in [0.717, 1.165) is 31.6 Å². The van der Waals surface area contributed by atoms with Crippen LogP contribution in [0.1, 0.15) is 38.1 Å². The lowest BCUT2D eigenvalue weighted by Crippen LogP contribution is -2.53. The fourth-order valence-corrected chi connectivity index (χ4v) is 5.16. The maximum Gasteiger partial charge on any atom is 0.317 e. The molecule has 2 atom stereocenters. The van der Waals surface area contributed by atoms with E-state index in [2.05, 4.69) is 10.2 Å². The van der Waals surface area contributed by atoms with Crippen LogP contribution in [0.25, 0.3) is 0 Å². The summed E-state index contributed by atoms with van der Waals surface area (Å²) < 4.78 is 13.3. The van der Waals surface area contributed by atoms with Crippen LogP contribution in [0.15, 0.2) is 24.3 Å². The molecule has 1 aromatic rings. The molecule has 3 amide bonds. The van der Waals surface area contributed by atoms with Crippen molar-refractivity contribution in [3.63, 3.8) is 0 Å². The number of hydrogen-bond acceptors (Lipinski definition) is 4. The van der Waals surface area contributed by atoms with Crippen LogP contribution in [0, 0.1) is 5.82 Å². The minimum absolute atomic E-state index is 0.00654. The molecule has 8 heteroatoms. The first-order valence-electron chi connectivity index (χ1n) is 10.4. The highest BCUT2D eigenvalue weighted by atomic mass is 32.2. The van der Waals surface area contributed by atoms with E-state index in [1.54, 1.807) is 23.9 Å². The first-order valence-corrected chi connectivity index (χ1v) is 11.3. The lowest BCUT2D eigenvalue weighted by molar-refractivity contribution is -0.130. The van der Waals surface area contributed by atoms with Crippen molar-refractivity contribution in [2.75, 3.05) is 39.3 Å². The van der Waals surface area contributed by atoms with Crippen LogP contribution in [0.2, 0.25) is 0 Å². The number of benzene rings is 1. The van der Waals surface area contributed by atoms with Gasteiger partial charge < -0.3 is 15.1 Å². The number of urea groups is 1. The predicted octanol–water partition coefficient (Wildman–Crippen LogP) is 2.91. The Bertz CT molecular complexity index is 707. The zero-order valence-electron chi connectivity index (χ0n) is 17.4. The molecule has 1 aromatic carbocycles. The molecule has 0 aliphatic carbocycles. The standard InChI is InChI=1S/C21H31FN4O2S/c1-4-18-19(27)26(20(29-18)16-5-7-17(22)8-6-16)14-11-24-9-12-25(13-10-24)21(28)23-15(2)3/h5-8,15,18,20H,4,9-14H2,1-3H3,(H,23,28)/t18-,20+/m0/s1. The fourth-order valence-electron chi connectivity index (χ4n) is 3.73. The van der Waals surface area contributed by atoms with Gasteiger partial charge in [0, 0.05) is 45.3 Å². The van der Waals surface area contributed by atoms with Gasteiger partial charge in [0.1, 0.15) is 11.2 Å². The Kier molecular flexibility index (Phi) is 7.40. The topological polar surface area (TPSA) is 55.9 Å². The van der Waals surface area contributed by atoms with E-state index >= 15 is 0 Å². The molecular formula is C21H31FN4O2S. The Hall–Kier alpha value is -1.80. The van der Waals surface area contributed by atoms with Crippen LogP contribution in [0.5, 0.6) is 0 Å². The summed E-state index contributed by atoms with van der Waals surface area (Å²) in [4.78, 5) is 31.1. The molecule has 1 N–H and O–H groups in total. The largest absolute Gasteiger partial charge is 0.336 e. The van der Waals surface area contributed by atoms with Crippen molar-refractivity contribution >= 4 is 23.7 Å². The Morgan fingerprint density at radius 2 is 1.83 bits per heavy atom. The molecular weight excluding hydrogens is 391 g/mol. The van der Waals surface area contributed by atoms with E-state index in [9.17, 15) is 14.0 Å². The molecule has 0 saturated carbocycles. The molecule has 2 saturated heterocycles. The Labute approximate surface area is 176 Å². The van der Waals surface area contributed by atoms with Crippen molar-refractivity contribution in [2.45, 2.75) is 43.9 Å². The summed E-state index contributed by atoms with van der Waals surface area (Å²) in [6.45, 7) is 10.4. The Morgan fingerprint density at radius 3 is 2.41 bits per heavy atom. The summed E-state index contributed by atoms with van der Waals surface area (Å²) in [5.41, 5.74) is 0.968. The summed E-state index contributed by atoms with van der Waals surface area (Å²) in [6, 6.07) is 6.59. The molecule has 0 unspecified atom stereocenters. The van der Waals surface area contributed by atoms with E-state index in [4.69, 9.17) is 0 Å². The van der Waals surface area contributed by atoms with E-state index in [1.807, 2.05) is 30.6 Å². The maximum atomic E-state index is 13.3. The summed E-state index contributed by atoms with van der Waals surface area (Å²) >= 11 is 1.66. The molecule has 2 fully saturated rings. The molecule has 2 heterocycles. The van der Waals surface area contributed by atoms with Crippen LogP contribution in [-0.4, -0.2) is 77.2 Å². The third kappa shape index (κ3) is 5.42. The molecule has 29 heavy (non-hydrogen) atoms. The second kappa shape index (κ2) is 9.80. The van der Waals surface area contributed by atoms with Crippen LogP contribution in [0.3, 0.4) is 0 Å². The van der Waals surface area contributed by atoms with E-state index < -0.39 is 0 Å². The third-order valence-corrected chi connectivity index (χ3v) is 7.04. The molecule has 2 aliphatic heterocycles. The summed E-state index contributed by atoms with van der Waals surface area (Å²) in [7, 11) is 0. The van der Waals surface area contributed by atoms with Gasteiger partial charge in [0.15, 0.2) is 0 Å². The van der Waals surface area contributed by atoms with Crippen LogP contribution < -0.4 is 5.32 Å². The lowest BCUT2D eigenvalue weighted by Gasteiger charge is -2.36. The average molecular weight is 423 g/mol. The number of thioether (sulfide) groups is 1. The zero-order valence-corrected chi connectivity index (χ0v) is 18.3. The van der Waals surface area contributed by atoms with Crippen LogP contribution in [-0.2, 0) is 4.79 Å². The van der Waals surface area contributed by atoms with Crippen molar-refractivity contribution < 1.29 is 14.0 Å². The SMILES string of the molecule is CC[C@@H]1S[C@H](c2ccc(F)cc2)N(CCN2CCN(C(=O)NC(C)C)CC2)C1=O. The van der Waals surface area contributed by atoms with Gasteiger partial charge >= 0.3 is 6.03 Å². The fraction of sp³-hybridized carbons (Fsp3) is 0.619. The minimum atomic E-state index is -0.263. The molecule has 2 aliphatic rings. The van der Waals surface area contributed by atoms with Gasteiger partial charge in [-0.25, -0.2) is 9.18 Å². The first kappa shape index (κ1) is 21.9. The average Bonchev–Trinajstić information content (AvgIpc) is 3.02. The normalized spacial score (nSPS) is 23.1. The van der Waals surface area contributed by atoms with Crippen LogP contribution >= 0.6 is 11.8 Å². The second-order valence-corrected chi connectivity index (χ2v) is 9.19. The minimum Gasteiger partial charge on any atom is -0.336 e. The zero-order chi connectivity index (χ0) is 21.0. The lowest BCUT2D eigenvalue weighted by atomic mass is 10.2. The van der Waals surface area contributed by atoms with Crippen molar-refractivity contribution in [1.82, 2.24) is 20.0 Å². The summed E-state index contributed by atoms with van der Waals surface area (Å²) in [6.07, 6.45) is 0.793. The molecule has 0 radical (unpaired) electrons. The number of carbonyl (C=O) groups excluding carboxylic acids is 2. The first-order chi connectivity index (χ1) is 13.9. The van der Waals surface area contributed by atoms with E-state index in [0.29, 0.717) is 19.6 Å². The second-order valence-electron chi connectivity index (χ2n) is 7.90. The smallest absolute Gasteiger partial charge is 0.317 e. The van der Waals surface area contributed by atoms with Gasteiger partial charge in [0.25, 0.3) is 0 Å². The van der Waals surface area contributed by atoms with Crippen molar-refractivity contribution in [2.24, 2.45) is 0 Å². The highest BCUT2D eigenvalue weighted by Crippen LogP contribution is 2.43. The number of rotatable bonds is 6. The number of nitrogens with one attached hydrogen (secondary N) is 1. The number of halogens is 1. The van der Waals surface area contributed by atoms with E-state index in [-0.39, 0.29) is 34.4 Å². The van der Waals surface area contributed by atoms with Crippen molar-refractivity contribution in [3.8, 4) is 0 Å². The molecule has 0 bridgehead atoms. The molecule has 6 nitrogen and oxygen atoms in total. The van der Waals surface area contributed by atoms with Crippen molar-refractivity contribution in [3.05, 3.63) is 35.6 Å². The third-order valence-electron chi connectivity index (χ3n) is 5.39. The van der Waals surface area contributed by atoms with Gasteiger partial charge in [-0.2, -0.15) is 0 Å². The summed E-state index contributed by atoms with van der Waals surface area (Å²) in [5.74, 6) is -0.0946. The van der Waals surface area contributed by atoms with Crippen molar-refractivity contribution in [1.29, 1.82) is 0 Å². The van der Waals surface area contributed by atoms with Gasteiger partial charge in [-0.15, -0.1) is 11.8 Å². The predicted molar refractivity (Wildman–Crippen MR) is 114 cm³/mol. The number of hydrogen-bond donors (Lipinski definition) is 1. The van der Waals surface area contributed by atoms with Gasteiger partial charge in [-0.1, -0.05) is 19.1 Å². The molecule has 0 aromatic heterocycles. The monoisotopic (exact) mass is 422 g/mol. The Morgan fingerprint density at radius 1 is 1.17 bits per heavy atom. The van der Waals surface area contributed by atoms with E-state index in [1.165, 1.54) is 12.1 Å². The highest BCUT2D eigenvalue weighted by Gasteiger charge is 2.40. The van der Waals surface area contributed by atoms with Crippen LogP contribution in [0.4, 0.5) is 9.18 Å². The quantitative estimate of drug-likeness (QED) is 0.766. The number of nitrogens with zero attached hydrogens (tertiary/aromatic N) is 3. The van der Waals surface area contributed by atoms with Gasteiger partial charge in [-0.05, 0) is 38.0 Å². The molecule has 3 rings (SSSR count). The van der Waals surface area contributed by atoms with Gasteiger partial charge in [-0.3, -0.25) is 9.69 Å². The number of piperazine rings is 1. The van der Waals surface area contributed by atoms with Gasteiger partial charge in [0.05, 0.1) is 5.25 Å². The maximum absolute atomic E-state index is 13.3. The Balaban J connectivity index is 1.56. The number of amides is 3.